The second-order valence-corrected chi connectivity index (χ2v) is 5.49. The van der Waals surface area contributed by atoms with Crippen molar-refractivity contribution in [3.63, 3.8) is 0 Å². The molecule has 6 nitrogen and oxygen atoms in total. The van der Waals surface area contributed by atoms with Gasteiger partial charge in [0.05, 0.1) is 13.2 Å². The first-order chi connectivity index (χ1) is 10.1. The molecule has 1 aliphatic rings. The molecule has 0 radical (unpaired) electrons. The van der Waals surface area contributed by atoms with Crippen LogP contribution in [0, 0.1) is 5.92 Å². The molecule has 2 unspecified atom stereocenters. The molecule has 0 saturated carbocycles. The van der Waals surface area contributed by atoms with Crippen LogP contribution in [0.4, 0.5) is 5.82 Å². The highest BCUT2D eigenvalue weighted by Gasteiger charge is 2.17. The molecule has 1 fully saturated rings. The SMILES string of the molecule is CC(N)C(C)C(=O)NCc1ccnc(N2CCOCC2)c1. The number of amides is 1. The third-order valence-corrected chi connectivity index (χ3v) is 3.81. The maximum Gasteiger partial charge on any atom is 0.224 e. The van der Waals surface area contributed by atoms with E-state index in [2.05, 4.69) is 15.2 Å². The average molecular weight is 292 g/mol. The van der Waals surface area contributed by atoms with Crippen molar-refractivity contribution in [2.75, 3.05) is 31.2 Å². The third-order valence-electron chi connectivity index (χ3n) is 3.81. The van der Waals surface area contributed by atoms with Crippen LogP contribution in [0.2, 0.25) is 0 Å². The summed E-state index contributed by atoms with van der Waals surface area (Å²) in [6, 6.07) is 3.79. The Balaban J connectivity index is 1.93. The molecule has 2 heterocycles. The Morgan fingerprint density at radius 3 is 2.86 bits per heavy atom. The van der Waals surface area contributed by atoms with Crippen LogP contribution in [-0.4, -0.2) is 43.2 Å². The van der Waals surface area contributed by atoms with Crippen LogP contribution in [0.3, 0.4) is 0 Å². The topological polar surface area (TPSA) is 80.5 Å². The molecule has 6 heteroatoms. The molecule has 1 aromatic heterocycles. The number of ether oxygens (including phenoxy) is 1. The molecule has 0 bridgehead atoms. The van der Waals surface area contributed by atoms with Crippen LogP contribution in [0.5, 0.6) is 0 Å². The summed E-state index contributed by atoms with van der Waals surface area (Å²) in [5.41, 5.74) is 6.78. The fourth-order valence-electron chi connectivity index (χ4n) is 2.12. The van der Waals surface area contributed by atoms with E-state index in [1.807, 2.05) is 26.0 Å². The Bertz CT molecular complexity index is 472. The van der Waals surface area contributed by atoms with Gasteiger partial charge in [-0.15, -0.1) is 0 Å². The Morgan fingerprint density at radius 2 is 2.19 bits per heavy atom. The van der Waals surface area contributed by atoms with Gasteiger partial charge >= 0.3 is 0 Å². The fourth-order valence-corrected chi connectivity index (χ4v) is 2.12. The predicted molar refractivity (Wildman–Crippen MR) is 81.9 cm³/mol. The number of aromatic nitrogens is 1. The van der Waals surface area contributed by atoms with Gasteiger partial charge in [0, 0.05) is 37.8 Å². The zero-order valence-electron chi connectivity index (χ0n) is 12.7. The van der Waals surface area contributed by atoms with Crippen LogP contribution in [0.15, 0.2) is 18.3 Å². The number of carbonyl (C=O) groups is 1. The molecule has 1 saturated heterocycles. The average Bonchev–Trinajstić information content (AvgIpc) is 2.53. The van der Waals surface area contributed by atoms with Gasteiger partial charge in [-0.1, -0.05) is 6.92 Å². The fraction of sp³-hybridized carbons (Fsp3) is 0.600. The number of nitrogens with two attached hydrogens (primary N) is 1. The first-order valence-electron chi connectivity index (χ1n) is 7.39. The lowest BCUT2D eigenvalue weighted by molar-refractivity contribution is -0.125. The van der Waals surface area contributed by atoms with Gasteiger partial charge in [-0.05, 0) is 24.6 Å². The molecule has 1 amide bonds. The molecule has 1 aromatic rings. The van der Waals surface area contributed by atoms with E-state index in [1.54, 1.807) is 6.20 Å². The molecule has 0 spiro atoms. The quantitative estimate of drug-likeness (QED) is 0.827. The Labute approximate surface area is 125 Å². The van der Waals surface area contributed by atoms with Crippen LogP contribution in [0.1, 0.15) is 19.4 Å². The Morgan fingerprint density at radius 1 is 1.48 bits per heavy atom. The van der Waals surface area contributed by atoms with Crippen molar-refractivity contribution in [3.8, 4) is 0 Å². The molecule has 1 aliphatic heterocycles. The number of carbonyl (C=O) groups excluding carboxylic acids is 1. The minimum atomic E-state index is -0.189. The zero-order chi connectivity index (χ0) is 15.2. The maximum absolute atomic E-state index is 11.9. The van der Waals surface area contributed by atoms with E-state index in [-0.39, 0.29) is 17.9 Å². The van der Waals surface area contributed by atoms with Gasteiger partial charge in [-0.2, -0.15) is 0 Å². The third kappa shape index (κ3) is 4.41. The van der Waals surface area contributed by atoms with Crippen molar-refractivity contribution in [1.29, 1.82) is 0 Å². The van der Waals surface area contributed by atoms with Gasteiger partial charge in [0.2, 0.25) is 5.91 Å². The van der Waals surface area contributed by atoms with E-state index in [0.717, 1.165) is 37.7 Å². The number of nitrogens with one attached hydrogen (secondary N) is 1. The largest absolute Gasteiger partial charge is 0.378 e. The normalized spacial score (nSPS) is 18.1. The van der Waals surface area contributed by atoms with E-state index >= 15 is 0 Å². The summed E-state index contributed by atoms with van der Waals surface area (Å²) in [7, 11) is 0. The summed E-state index contributed by atoms with van der Waals surface area (Å²) in [5.74, 6) is 0.727. The number of morpholine rings is 1. The molecular formula is C15H24N4O2. The molecule has 2 rings (SSSR count). The Kier molecular flexibility index (Phi) is 5.52. The van der Waals surface area contributed by atoms with Crippen molar-refractivity contribution in [2.24, 2.45) is 11.7 Å². The molecular weight excluding hydrogens is 268 g/mol. The summed E-state index contributed by atoms with van der Waals surface area (Å²) in [4.78, 5) is 18.5. The number of nitrogens with zero attached hydrogens (tertiary/aromatic N) is 2. The van der Waals surface area contributed by atoms with E-state index in [4.69, 9.17) is 10.5 Å². The minimum absolute atomic E-state index is 0.0188. The van der Waals surface area contributed by atoms with Crippen molar-refractivity contribution in [3.05, 3.63) is 23.9 Å². The summed E-state index contributed by atoms with van der Waals surface area (Å²) >= 11 is 0. The summed E-state index contributed by atoms with van der Waals surface area (Å²) in [6.07, 6.45) is 1.78. The second-order valence-electron chi connectivity index (χ2n) is 5.49. The number of hydrogen-bond donors (Lipinski definition) is 2. The lowest BCUT2D eigenvalue weighted by Gasteiger charge is -2.28. The molecule has 116 valence electrons. The first kappa shape index (κ1) is 15.7. The zero-order valence-corrected chi connectivity index (χ0v) is 12.7. The standard InChI is InChI=1S/C15H24N4O2/c1-11(12(2)16)15(20)18-10-13-3-4-17-14(9-13)19-5-7-21-8-6-19/h3-4,9,11-12H,5-8,10,16H2,1-2H3,(H,18,20). The lowest BCUT2D eigenvalue weighted by Crippen LogP contribution is -2.38. The van der Waals surface area contributed by atoms with E-state index < -0.39 is 0 Å². The number of hydrogen-bond acceptors (Lipinski definition) is 5. The predicted octanol–water partition coefficient (Wildman–Crippen LogP) is 0.518. The minimum Gasteiger partial charge on any atom is -0.378 e. The first-order valence-corrected chi connectivity index (χ1v) is 7.39. The highest BCUT2D eigenvalue weighted by molar-refractivity contribution is 5.78. The van der Waals surface area contributed by atoms with Gasteiger partial charge in [-0.25, -0.2) is 4.98 Å². The smallest absolute Gasteiger partial charge is 0.224 e. The molecule has 2 atom stereocenters. The van der Waals surface area contributed by atoms with Gasteiger partial charge < -0.3 is 20.7 Å². The van der Waals surface area contributed by atoms with Gasteiger partial charge in [0.1, 0.15) is 5.82 Å². The van der Waals surface area contributed by atoms with Gasteiger partial charge in [0.15, 0.2) is 0 Å². The van der Waals surface area contributed by atoms with Crippen molar-refractivity contribution in [1.82, 2.24) is 10.3 Å². The number of anilines is 1. The van der Waals surface area contributed by atoms with Crippen molar-refractivity contribution >= 4 is 11.7 Å². The second kappa shape index (κ2) is 7.38. The molecule has 3 N–H and O–H groups in total. The van der Waals surface area contributed by atoms with Crippen LogP contribution >= 0.6 is 0 Å². The van der Waals surface area contributed by atoms with Crippen molar-refractivity contribution < 1.29 is 9.53 Å². The summed E-state index contributed by atoms with van der Waals surface area (Å²) in [6.45, 7) is 7.34. The monoisotopic (exact) mass is 292 g/mol. The highest BCUT2D eigenvalue weighted by atomic mass is 16.5. The van der Waals surface area contributed by atoms with E-state index in [1.165, 1.54) is 0 Å². The summed E-state index contributed by atoms with van der Waals surface area (Å²) in [5, 5.41) is 2.92. The van der Waals surface area contributed by atoms with Crippen LogP contribution < -0.4 is 16.0 Å². The van der Waals surface area contributed by atoms with Gasteiger partial charge in [0.25, 0.3) is 0 Å². The number of pyridine rings is 1. The van der Waals surface area contributed by atoms with Crippen LogP contribution in [-0.2, 0) is 16.1 Å². The number of rotatable bonds is 5. The van der Waals surface area contributed by atoms with E-state index in [9.17, 15) is 4.79 Å². The van der Waals surface area contributed by atoms with Gasteiger partial charge in [-0.3, -0.25) is 4.79 Å². The molecule has 0 aliphatic carbocycles. The highest BCUT2D eigenvalue weighted by Crippen LogP contribution is 2.14. The van der Waals surface area contributed by atoms with Crippen LogP contribution in [0.25, 0.3) is 0 Å². The van der Waals surface area contributed by atoms with Crippen molar-refractivity contribution in [2.45, 2.75) is 26.4 Å². The molecule has 21 heavy (non-hydrogen) atoms. The maximum atomic E-state index is 11.9. The summed E-state index contributed by atoms with van der Waals surface area (Å²) < 4.78 is 5.34. The Hall–Kier alpha value is -1.66. The van der Waals surface area contributed by atoms with E-state index in [0.29, 0.717) is 6.54 Å². The lowest BCUT2D eigenvalue weighted by atomic mass is 10.0. The molecule has 0 aromatic carbocycles.